The standard InChI is InChI=1S/C25H21ClFN3O3S/c1-25(10-11-34(32,33)15-25)29-24(31)16-12-22-23(28-13-16)20(19-4-2-3-5-21(19)26)14-30(22)18-8-6-17(27)7-9-18/h2-9,12-14H,10-11,15H2,1H3,(H,29,31)/t25-/m1/s1. The molecule has 2 aromatic heterocycles. The van der Waals surface area contributed by atoms with E-state index in [0.717, 1.165) is 11.1 Å². The van der Waals surface area contributed by atoms with Crippen molar-refractivity contribution in [1.29, 1.82) is 0 Å². The quantitative estimate of drug-likeness (QED) is 0.439. The van der Waals surface area contributed by atoms with Gasteiger partial charge in [-0.15, -0.1) is 0 Å². The molecule has 3 heterocycles. The predicted molar refractivity (Wildman–Crippen MR) is 131 cm³/mol. The van der Waals surface area contributed by atoms with Gasteiger partial charge in [0.05, 0.1) is 33.6 Å². The third-order valence-corrected chi connectivity index (χ3v) is 8.32. The molecule has 0 bridgehead atoms. The van der Waals surface area contributed by atoms with E-state index in [0.29, 0.717) is 33.7 Å². The van der Waals surface area contributed by atoms with Gasteiger partial charge in [-0.25, -0.2) is 12.8 Å². The Balaban J connectivity index is 1.62. The molecule has 1 aliphatic heterocycles. The van der Waals surface area contributed by atoms with Gasteiger partial charge in [-0.2, -0.15) is 0 Å². The summed E-state index contributed by atoms with van der Waals surface area (Å²) in [5.74, 6) is -0.802. The van der Waals surface area contributed by atoms with E-state index < -0.39 is 21.3 Å². The van der Waals surface area contributed by atoms with Crippen LogP contribution in [-0.2, 0) is 9.84 Å². The summed E-state index contributed by atoms with van der Waals surface area (Å²) in [4.78, 5) is 17.6. The van der Waals surface area contributed by atoms with E-state index in [1.165, 1.54) is 18.3 Å². The number of sulfone groups is 1. The first-order chi connectivity index (χ1) is 16.1. The van der Waals surface area contributed by atoms with Crippen LogP contribution in [0.4, 0.5) is 4.39 Å². The van der Waals surface area contributed by atoms with E-state index in [4.69, 9.17) is 11.6 Å². The lowest BCUT2D eigenvalue weighted by molar-refractivity contribution is 0.0915. The highest BCUT2D eigenvalue weighted by Crippen LogP contribution is 2.35. The number of benzene rings is 2. The summed E-state index contributed by atoms with van der Waals surface area (Å²) in [5.41, 5.74) is 2.98. The van der Waals surface area contributed by atoms with Crippen molar-refractivity contribution in [3.63, 3.8) is 0 Å². The van der Waals surface area contributed by atoms with E-state index in [2.05, 4.69) is 10.3 Å². The van der Waals surface area contributed by atoms with Crippen LogP contribution < -0.4 is 5.32 Å². The lowest BCUT2D eigenvalue weighted by Gasteiger charge is -2.23. The molecule has 0 radical (unpaired) electrons. The number of hydrogen-bond acceptors (Lipinski definition) is 4. The van der Waals surface area contributed by atoms with Crippen LogP contribution in [-0.4, -0.2) is 40.9 Å². The molecule has 1 atom stereocenters. The molecule has 0 aliphatic carbocycles. The van der Waals surface area contributed by atoms with Crippen molar-refractivity contribution >= 4 is 38.4 Å². The molecule has 2 aromatic carbocycles. The number of rotatable bonds is 4. The minimum atomic E-state index is -3.17. The Hall–Kier alpha value is -3.23. The van der Waals surface area contributed by atoms with Crippen molar-refractivity contribution in [2.24, 2.45) is 0 Å². The summed E-state index contributed by atoms with van der Waals surface area (Å²) in [6.45, 7) is 1.73. The SMILES string of the molecule is C[C@@]1(NC(=O)c2cnc3c(-c4ccccc4Cl)cn(-c4ccc(F)cc4)c3c2)CCS(=O)(=O)C1. The van der Waals surface area contributed by atoms with Crippen LogP contribution in [0, 0.1) is 5.82 Å². The van der Waals surface area contributed by atoms with E-state index in [-0.39, 0.29) is 17.3 Å². The van der Waals surface area contributed by atoms with Crippen LogP contribution in [0.5, 0.6) is 0 Å². The number of carbonyl (C=O) groups excluding carboxylic acids is 1. The van der Waals surface area contributed by atoms with Gasteiger partial charge in [-0.3, -0.25) is 9.78 Å². The van der Waals surface area contributed by atoms with Crippen LogP contribution in [0.15, 0.2) is 67.0 Å². The topological polar surface area (TPSA) is 81.1 Å². The number of fused-ring (bicyclic) bond motifs is 1. The second kappa shape index (κ2) is 8.21. The zero-order valence-electron chi connectivity index (χ0n) is 18.3. The van der Waals surface area contributed by atoms with Crippen LogP contribution in [0.2, 0.25) is 5.02 Å². The monoisotopic (exact) mass is 497 g/mol. The first-order valence-corrected chi connectivity index (χ1v) is 12.9. The Morgan fingerprint density at radius 3 is 2.56 bits per heavy atom. The van der Waals surface area contributed by atoms with Gasteiger partial charge in [0.25, 0.3) is 5.91 Å². The fourth-order valence-electron chi connectivity index (χ4n) is 4.38. The molecule has 1 N–H and O–H groups in total. The Bertz CT molecular complexity index is 1530. The predicted octanol–water partition coefficient (Wildman–Crippen LogP) is 4.79. The van der Waals surface area contributed by atoms with Gasteiger partial charge in [0, 0.05) is 34.2 Å². The molecule has 1 aliphatic rings. The van der Waals surface area contributed by atoms with E-state index in [9.17, 15) is 17.6 Å². The smallest absolute Gasteiger partial charge is 0.253 e. The average Bonchev–Trinajstić information content (AvgIpc) is 3.30. The minimum absolute atomic E-state index is 0.0513. The molecule has 9 heteroatoms. The number of pyridine rings is 1. The summed E-state index contributed by atoms with van der Waals surface area (Å²) < 4.78 is 39.2. The maximum absolute atomic E-state index is 13.6. The van der Waals surface area contributed by atoms with Crippen LogP contribution >= 0.6 is 11.6 Å². The van der Waals surface area contributed by atoms with Gasteiger partial charge < -0.3 is 9.88 Å². The highest BCUT2D eigenvalue weighted by atomic mass is 35.5. The van der Waals surface area contributed by atoms with Gasteiger partial charge in [-0.1, -0.05) is 29.8 Å². The van der Waals surface area contributed by atoms with Gasteiger partial charge in [0.2, 0.25) is 0 Å². The first-order valence-electron chi connectivity index (χ1n) is 10.7. The van der Waals surface area contributed by atoms with Crippen molar-refractivity contribution in [3.05, 3.63) is 83.4 Å². The van der Waals surface area contributed by atoms with E-state index >= 15 is 0 Å². The third kappa shape index (κ3) is 4.19. The summed E-state index contributed by atoms with van der Waals surface area (Å²) in [7, 11) is -3.17. The first kappa shape index (κ1) is 22.6. The molecule has 1 fully saturated rings. The Morgan fingerprint density at radius 1 is 1.15 bits per heavy atom. The summed E-state index contributed by atoms with van der Waals surface area (Å²) in [6.07, 6.45) is 3.69. The molecular weight excluding hydrogens is 477 g/mol. The summed E-state index contributed by atoms with van der Waals surface area (Å²) >= 11 is 6.45. The minimum Gasteiger partial charge on any atom is -0.346 e. The number of amides is 1. The van der Waals surface area contributed by atoms with Gasteiger partial charge in [-0.05, 0) is 49.7 Å². The largest absolute Gasteiger partial charge is 0.346 e. The van der Waals surface area contributed by atoms with Crippen molar-refractivity contribution in [3.8, 4) is 16.8 Å². The van der Waals surface area contributed by atoms with Crippen molar-refractivity contribution in [1.82, 2.24) is 14.9 Å². The zero-order valence-corrected chi connectivity index (χ0v) is 19.8. The van der Waals surface area contributed by atoms with Crippen LogP contribution in [0.3, 0.4) is 0 Å². The lowest BCUT2D eigenvalue weighted by atomic mass is 10.0. The third-order valence-electron chi connectivity index (χ3n) is 6.09. The molecule has 0 unspecified atom stereocenters. The highest BCUT2D eigenvalue weighted by Gasteiger charge is 2.39. The lowest BCUT2D eigenvalue weighted by Crippen LogP contribution is -2.46. The zero-order chi connectivity index (χ0) is 24.1. The molecule has 5 rings (SSSR count). The van der Waals surface area contributed by atoms with Crippen molar-refractivity contribution in [2.75, 3.05) is 11.5 Å². The number of nitrogens with zero attached hydrogens (tertiary/aromatic N) is 2. The molecule has 6 nitrogen and oxygen atoms in total. The van der Waals surface area contributed by atoms with Crippen LogP contribution in [0.25, 0.3) is 27.8 Å². The van der Waals surface area contributed by atoms with Gasteiger partial charge in [0.15, 0.2) is 9.84 Å². The molecule has 4 aromatic rings. The van der Waals surface area contributed by atoms with Crippen molar-refractivity contribution in [2.45, 2.75) is 18.9 Å². The highest BCUT2D eigenvalue weighted by molar-refractivity contribution is 7.91. The second-order valence-electron chi connectivity index (χ2n) is 8.82. The number of aromatic nitrogens is 2. The number of nitrogens with one attached hydrogen (secondary N) is 1. The summed E-state index contributed by atoms with van der Waals surface area (Å²) in [5, 5.41) is 3.42. The second-order valence-corrected chi connectivity index (χ2v) is 11.4. The van der Waals surface area contributed by atoms with Gasteiger partial charge in [0.1, 0.15) is 5.82 Å². The Labute approximate surface area is 201 Å². The maximum atomic E-state index is 13.6. The Morgan fingerprint density at radius 2 is 1.88 bits per heavy atom. The number of hydrogen-bond donors (Lipinski definition) is 1. The van der Waals surface area contributed by atoms with Gasteiger partial charge >= 0.3 is 0 Å². The van der Waals surface area contributed by atoms with E-state index in [1.54, 1.807) is 31.2 Å². The van der Waals surface area contributed by atoms with Crippen LogP contribution in [0.1, 0.15) is 23.7 Å². The van der Waals surface area contributed by atoms with E-state index in [1.807, 2.05) is 29.0 Å². The molecule has 0 saturated carbocycles. The molecular formula is C25H21ClFN3O3S. The molecule has 0 spiro atoms. The molecule has 1 saturated heterocycles. The average molecular weight is 498 g/mol. The number of carbonyl (C=O) groups is 1. The fraction of sp³-hybridized carbons (Fsp3) is 0.200. The molecule has 1 amide bonds. The summed E-state index contributed by atoms with van der Waals surface area (Å²) in [6, 6.07) is 15.1. The number of halogens is 2. The maximum Gasteiger partial charge on any atom is 0.253 e. The molecule has 174 valence electrons. The fourth-order valence-corrected chi connectivity index (χ4v) is 6.71. The van der Waals surface area contributed by atoms with Crippen molar-refractivity contribution < 1.29 is 17.6 Å². The molecule has 34 heavy (non-hydrogen) atoms. The Kier molecular flexibility index (Phi) is 5.45. The normalized spacial score (nSPS) is 19.4.